The van der Waals surface area contributed by atoms with Crippen LogP contribution in [0.4, 0.5) is 18.9 Å². The lowest BCUT2D eigenvalue weighted by atomic mass is 9.87. The molecule has 3 rings (SSSR count). The molecule has 0 heterocycles. The number of halogens is 3. The topological polar surface area (TPSA) is 21.3 Å². The molecule has 2 nitrogen and oxygen atoms in total. The molecule has 0 radical (unpaired) electrons. The number of anilines is 1. The zero-order chi connectivity index (χ0) is 21.9. The summed E-state index contributed by atoms with van der Waals surface area (Å²) in [4.78, 5) is 0. The molecule has 0 saturated carbocycles. The summed E-state index contributed by atoms with van der Waals surface area (Å²) in [5.41, 5.74) is 6.38. The Balaban J connectivity index is 1.72. The zero-order valence-electron chi connectivity index (χ0n) is 17.6. The molecule has 0 aromatic heterocycles. The van der Waals surface area contributed by atoms with E-state index in [1.165, 1.54) is 23.3 Å². The lowest BCUT2D eigenvalue weighted by Crippen LogP contribution is -2.16. The molecule has 0 atom stereocenters. The van der Waals surface area contributed by atoms with E-state index in [0.29, 0.717) is 6.54 Å². The number of aryl methyl sites for hydroxylation is 1. The molecule has 3 aromatic carbocycles. The second kappa shape index (κ2) is 8.42. The van der Waals surface area contributed by atoms with E-state index in [9.17, 15) is 13.2 Å². The van der Waals surface area contributed by atoms with Crippen molar-refractivity contribution < 1.29 is 17.9 Å². The highest BCUT2D eigenvalue weighted by atomic mass is 19.4. The van der Waals surface area contributed by atoms with Crippen LogP contribution in [0.5, 0.6) is 5.75 Å². The molecule has 3 aromatic rings. The maximum atomic E-state index is 12.4. The van der Waals surface area contributed by atoms with Gasteiger partial charge in [-0.3, -0.25) is 0 Å². The first-order chi connectivity index (χ1) is 14.0. The Morgan fingerprint density at radius 3 is 2.03 bits per heavy atom. The van der Waals surface area contributed by atoms with E-state index in [-0.39, 0.29) is 11.2 Å². The van der Waals surface area contributed by atoms with Crippen LogP contribution in [0.25, 0.3) is 11.1 Å². The normalized spacial score (nSPS) is 12.0. The van der Waals surface area contributed by atoms with E-state index < -0.39 is 6.36 Å². The average Bonchev–Trinajstić information content (AvgIpc) is 2.66. The Hall–Kier alpha value is -2.95. The van der Waals surface area contributed by atoms with Crippen molar-refractivity contribution in [2.24, 2.45) is 0 Å². The average molecular weight is 413 g/mol. The summed E-state index contributed by atoms with van der Waals surface area (Å²) < 4.78 is 41.0. The highest BCUT2D eigenvalue weighted by Crippen LogP contribution is 2.30. The minimum Gasteiger partial charge on any atom is -0.406 e. The van der Waals surface area contributed by atoms with Gasteiger partial charge in [0.1, 0.15) is 5.75 Å². The van der Waals surface area contributed by atoms with E-state index >= 15 is 0 Å². The molecule has 30 heavy (non-hydrogen) atoms. The van der Waals surface area contributed by atoms with E-state index in [1.54, 1.807) is 12.1 Å². The van der Waals surface area contributed by atoms with Gasteiger partial charge >= 0.3 is 6.36 Å². The number of rotatable bonds is 5. The molecular weight excluding hydrogens is 387 g/mol. The number of benzene rings is 3. The van der Waals surface area contributed by atoms with Gasteiger partial charge in [0.2, 0.25) is 0 Å². The second-order valence-electron chi connectivity index (χ2n) is 8.40. The summed E-state index contributed by atoms with van der Waals surface area (Å²) in [5.74, 6) is -0.225. The fourth-order valence-corrected chi connectivity index (χ4v) is 3.21. The van der Waals surface area contributed by atoms with Crippen molar-refractivity contribution in [2.75, 3.05) is 5.32 Å². The van der Waals surface area contributed by atoms with Crippen molar-refractivity contribution in [1.82, 2.24) is 0 Å². The predicted octanol–water partition coefficient (Wildman–Crippen LogP) is 7.47. The van der Waals surface area contributed by atoms with Crippen LogP contribution in [0, 0.1) is 6.92 Å². The van der Waals surface area contributed by atoms with Gasteiger partial charge in [0, 0.05) is 12.2 Å². The lowest BCUT2D eigenvalue weighted by molar-refractivity contribution is -0.274. The van der Waals surface area contributed by atoms with Crippen molar-refractivity contribution in [1.29, 1.82) is 0 Å². The number of hydrogen-bond acceptors (Lipinski definition) is 2. The monoisotopic (exact) mass is 413 g/mol. The molecule has 0 saturated heterocycles. The largest absolute Gasteiger partial charge is 0.573 e. The van der Waals surface area contributed by atoms with Gasteiger partial charge in [0.15, 0.2) is 0 Å². The Kier molecular flexibility index (Phi) is 6.11. The molecule has 0 aliphatic rings. The van der Waals surface area contributed by atoms with Crippen molar-refractivity contribution in [3.8, 4) is 16.9 Å². The third kappa shape index (κ3) is 5.78. The highest BCUT2D eigenvalue weighted by Gasteiger charge is 2.31. The number of alkyl halides is 3. The van der Waals surface area contributed by atoms with Crippen molar-refractivity contribution in [2.45, 2.75) is 46.0 Å². The third-order valence-corrected chi connectivity index (χ3v) is 4.95. The standard InChI is InChI=1S/C25H26F3NO/c1-17-5-12-21(29-16-18-6-10-20(11-7-18)24(2,3)4)15-23(17)19-8-13-22(14-9-19)30-25(26,27)28/h5-15,29H,16H2,1-4H3. The summed E-state index contributed by atoms with van der Waals surface area (Å²) in [7, 11) is 0. The molecule has 0 fully saturated rings. The second-order valence-corrected chi connectivity index (χ2v) is 8.40. The first kappa shape index (κ1) is 21.8. The van der Waals surface area contributed by atoms with E-state index in [4.69, 9.17) is 0 Å². The Labute approximate surface area is 175 Å². The third-order valence-electron chi connectivity index (χ3n) is 4.95. The van der Waals surface area contributed by atoms with Crippen molar-refractivity contribution in [3.05, 3.63) is 83.4 Å². The molecule has 0 aliphatic heterocycles. The van der Waals surface area contributed by atoms with Gasteiger partial charge < -0.3 is 10.1 Å². The maximum absolute atomic E-state index is 12.4. The van der Waals surface area contributed by atoms with Crippen LogP contribution < -0.4 is 10.1 Å². The summed E-state index contributed by atoms with van der Waals surface area (Å²) >= 11 is 0. The number of nitrogens with one attached hydrogen (secondary N) is 1. The van der Waals surface area contributed by atoms with Crippen LogP contribution in [-0.2, 0) is 12.0 Å². The molecule has 158 valence electrons. The van der Waals surface area contributed by atoms with Crippen LogP contribution in [0.1, 0.15) is 37.5 Å². The molecular formula is C25H26F3NO. The fraction of sp³-hybridized carbons (Fsp3) is 0.280. The molecule has 1 N–H and O–H groups in total. The zero-order valence-corrected chi connectivity index (χ0v) is 17.6. The lowest BCUT2D eigenvalue weighted by Gasteiger charge is -2.19. The maximum Gasteiger partial charge on any atom is 0.573 e. The summed E-state index contributed by atoms with van der Waals surface area (Å²) in [6.45, 7) is 9.23. The molecule has 0 aliphatic carbocycles. The molecule has 0 amide bonds. The van der Waals surface area contributed by atoms with Crippen molar-refractivity contribution in [3.63, 3.8) is 0 Å². The molecule has 0 bridgehead atoms. The fourth-order valence-electron chi connectivity index (χ4n) is 3.21. The van der Waals surface area contributed by atoms with Gasteiger partial charge in [0.05, 0.1) is 0 Å². The minimum atomic E-state index is -4.69. The van der Waals surface area contributed by atoms with Crippen molar-refractivity contribution >= 4 is 5.69 Å². The van der Waals surface area contributed by atoms with Gasteiger partial charge in [-0.1, -0.05) is 63.2 Å². The Morgan fingerprint density at radius 2 is 1.47 bits per heavy atom. The van der Waals surface area contributed by atoms with Gasteiger partial charge in [-0.15, -0.1) is 13.2 Å². The van der Waals surface area contributed by atoms with Crippen LogP contribution in [0.2, 0.25) is 0 Å². The predicted molar refractivity (Wildman–Crippen MR) is 116 cm³/mol. The summed E-state index contributed by atoms with van der Waals surface area (Å²) in [6, 6.07) is 20.5. The smallest absolute Gasteiger partial charge is 0.406 e. The quantitative estimate of drug-likeness (QED) is 0.468. The van der Waals surface area contributed by atoms with Crippen LogP contribution in [0.15, 0.2) is 66.7 Å². The van der Waals surface area contributed by atoms with Gasteiger partial charge in [0.25, 0.3) is 0 Å². The number of ether oxygens (including phenoxy) is 1. The highest BCUT2D eigenvalue weighted by molar-refractivity contribution is 5.72. The first-order valence-electron chi connectivity index (χ1n) is 9.81. The SMILES string of the molecule is Cc1ccc(NCc2ccc(C(C)(C)C)cc2)cc1-c1ccc(OC(F)(F)F)cc1. The van der Waals surface area contributed by atoms with Gasteiger partial charge in [-0.2, -0.15) is 0 Å². The molecule has 5 heteroatoms. The van der Waals surface area contributed by atoms with Crippen LogP contribution in [0.3, 0.4) is 0 Å². The molecule has 0 spiro atoms. The summed E-state index contributed by atoms with van der Waals surface area (Å²) in [6.07, 6.45) is -4.69. The van der Waals surface area contributed by atoms with Gasteiger partial charge in [-0.25, -0.2) is 0 Å². The Bertz CT molecular complexity index is 985. The summed E-state index contributed by atoms with van der Waals surface area (Å²) in [5, 5.41) is 3.43. The van der Waals surface area contributed by atoms with E-state index in [2.05, 4.69) is 55.1 Å². The van der Waals surface area contributed by atoms with Crippen LogP contribution in [-0.4, -0.2) is 6.36 Å². The van der Waals surface area contributed by atoms with E-state index in [0.717, 1.165) is 22.4 Å². The van der Waals surface area contributed by atoms with E-state index in [1.807, 2.05) is 25.1 Å². The Morgan fingerprint density at radius 1 is 0.833 bits per heavy atom. The van der Waals surface area contributed by atoms with Gasteiger partial charge in [-0.05, 0) is 64.4 Å². The molecule has 0 unspecified atom stereocenters. The first-order valence-corrected chi connectivity index (χ1v) is 9.81. The van der Waals surface area contributed by atoms with Crippen LogP contribution >= 0.6 is 0 Å². The number of hydrogen-bond donors (Lipinski definition) is 1. The minimum absolute atomic E-state index is 0.124.